The van der Waals surface area contributed by atoms with E-state index in [2.05, 4.69) is 14.5 Å². The molecule has 132 valence electrons. The Bertz CT molecular complexity index is 656. The number of benzene rings is 1. The lowest BCUT2D eigenvalue weighted by molar-refractivity contribution is 0.248. The van der Waals surface area contributed by atoms with Gasteiger partial charge in [0.2, 0.25) is 10.0 Å². The zero-order valence-electron chi connectivity index (χ0n) is 14.2. The fourth-order valence-electron chi connectivity index (χ4n) is 3.97. The summed E-state index contributed by atoms with van der Waals surface area (Å²) in [7, 11) is -3.23. The maximum Gasteiger partial charge on any atom is 0.235 e. The van der Waals surface area contributed by atoms with Crippen molar-refractivity contribution in [2.75, 3.05) is 35.8 Å². The summed E-state index contributed by atoms with van der Waals surface area (Å²) in [5.41, 5.74) is 1.87. The third-order valence-corrected chi connectivity index (χ3v) is 7.48. The van der Waals surface area contributed by atoms with Crippen LogP contribution in [0.4, 0.5) is 11.4 Å². The number of nitrogens with one attached hydrogen (secondary N) is 1. The van der Waals surface area contributed by atoms with Crippen LogP contribution >= 0.6 is 0 Å². The zero-order chi connectivity index (χ0) is 16.6. The summed E-state index contributed by atoms with van der Waals surface area (Å²) in [5, 5.41) is -0.215. The lowest BCUT2D eigenvalue weighted by atomic mass is 10.2. The van der Waals surface area contributed by atoms with Gasteiger partial charge in [0.05, 0.1) is 5.25 Å². The predicted molar refractivity (Wildman–Crippen MR) is 98.0 cm³/mol. The van der Waals surface area contributed by atoms with E-state index in [1.807, 2.05) is 24.3 Å². The van der Waals surface area contributed by atoms with Gasteiger partial charge in [0.15, 0.2) is 0 Å². The van der Waals surface area contributed by atoms with Crippen molar-refractivity contribution in [3.63, 3.8) is 0 Å². The molecule has 2 saturated carbocycles. The first-order valence-corrected chi connectivity index (χ1v) is 10.8. The molecule has 1 heterocycles. The van der Waals surface area contributed by atoms with E-state index in [0.717, 1.165) is 57.9 Å². The first-order chi connectivity index (χ1) is 11.6. The van der Waals surface area contributed by atoms with Crippen molar-refractivity contribution in [3.05, 3.63) is 24.3 Å². The number of hydrogen-bond acceptors (Lipinski definition) is 4. The van der Waals surface area contributed by atoms with Gasteiger partial charge in [-0.2, -0.15) is 0 Å². The molecule has 5 nitrogen and oxygen atoms in total. The van der Waals surface area contributed by atoms with Gasteiger partial charge < -0.3 is 4.90 Å². The number of nitrogens with zero attached hydrogens (tertiary/aromatic N) is 2. The van der Waals surface area contributed by atoms with E-state index < -0.39 is 10.0 Å². The van der Waals surface area contributed by atoms with E-state index in [-0.39, 0.29) is 5.25 Å². The summed E-state index contributed by atoms with van der Waals surface area (Å²) >= 11 is 0. The van der Waals surface area contributed by atoms with Crippen molar-refractivity contribution in [1.82, 2.24) is 4.90 Å². The van der Waals surface area contributed by atoms with E-state index in [1.54, 1.807) is 0 Å². The Hall–Kier alpha value is -1.27. The van der Waals surface area contributed by atoms with Crippen LogP contribution in [0.1, 0.15) is 38.5 Å². The zero-order valence-corrected chi connectivity index (χ0v) is 15.0. The monoisotopic (exact) mass is 349 g/mol. The lowest BCUT2D eigenvalue weighted by Crippen LogP contribution is -2.47. The summed E-state index contributed by atoms with van der Waals surface area (Å²) in [6, 6.07) is 8.72. The molecule has 0 bridgehead atoms. The third kappa shape index (κ3) is 3.54. The predicted octanol–water partition coefficient (Wildman–Crippen LogP) is 2.66. The summed E-state index contributed by atoms with van der Waals surface area (Å²) < 4.78 is 27.5. The molecule has 1 saturated heterocycles. The number of rotatable bonds is 5. The molecule has 0 atom stereocenters. The smallest absolute Gasteiger partial charge is 0.235 e. The largest absolute Gasteiger partial charge is 0.369 e. The van der Waals surface area contributed by atoms with E-state index in [1.165, 1.54) is 18.5 Å². The Labute approximate surface area is 145 Å². The maximum atomic E-state index is 12.4. The first kappa shape index (κ1) is 16.2. The molecule has 3 fully saturated rings. The third-order valence-electron chi connectivity index (χ3n) is 5.61. The van der Waals surface area contributed by atoms with Crippen molar-refractivity contribution >= 4 is 21.4 Å². The second kappa shape index (κ2) is 6.56. The van der Waals surface area contributed by atoms with Gasteiger partial charge in [0, 0.05) is 43.6 Å². The first-order valence-electron chi connectivity index (χ1n) is 9.22. The molecule has 0 spiro atoms. The molecule has 1 N–H and O–H groups in total. The minimum Gasteiger partial charge on any atom is -0.369 e. The van der Waals surface area contributed by atoms with Crippen LogP contribution in [0, 0.1) is 0 Å². The Morgan fingerprint density at radius 1 is 0.875 bits per heavy atom. The molecular formula is C18H27N3O2S. The standard InChI is InChI=1S/C18H27N3O2S/c22-24(23,18-3-1-2-4-18)19-15-5-7-16(8-6-15)20-11-13-21(14-12-20)17-9-10-17/h5-8,17-19H,1-4,9-14H2. The molecular weight excluding hydrogens is 322 g/mol. The summed E-state index contributed by atoms with van der Waals surface area (Å²) in [5.74, 6) is 0. The van der Waals surface area contributed by atoms with Crippen LogP contribution in [0.25, 0.3) is 0 Å². The van der Waals surface area contributed by atoms with E-state index in [9.17, 15) is 8.42 Å². The van der Waals surface area contributed by atoms with Crippen LogP contribution in [0.15, 0.2) is 24.3 Å². The molecule has 1 aliphatic heterocycles. The second-order valence-corrected chi connectivity index (χ2v) is 9.32. The Morgan fingerprint density at radius 3 is 2.08 bits per heavy atom. The van der Waals surface area contributed by atoms with Crippen LogP contribution < -0.4 is 9.62 Å². The van der Waals surface area contributed by atoms with Crippen LogP contribution in [0.3, 0.4) is 0 Å². The number of sulfonamides is 1. The van der Waals surface area contributed by atoms with Gasteiger partial charge in [-0.3, -0.25) is 9.62 Å². The van der Waals surface area contributed by atoms with Crippen molar-refractivity contribution in [2.45, 2.75) is 49.8 Å². The molecule has 0 unspecified atom stereocenters. The Balaban J connectivity index is 1.36. The van der Waals surface area contributed by atoms with E-state index >= 15 is 0 Å². The summed E-state index contributed by atoms with van der Waals surface area (Å²) in [6.45, 7) is 4.40. The van der Waals surface area contributed by atoms with E-state index in [0.29, 0.717) is 5.69 Å². The maximum absolute atomic E-state index is 12.4. The van der Waals surface area contributed by atoms with Crippen molar-refractivity contribution in [3.8, 4) is 0 Å². The van der Waals surface area contributed by atoms with Gasteiger partial charge in [0.25, 0.3) is 0 Å². The molecule has 24 heavy (non-hydrogen) atoms. The fraction of sp³-hybridized carbons (Fsp3) is 0.667. The summed E-state index contributed by atoms with van der Waals surface area (Å²) in [4.78, 5) is 4.99. The number of hydrogen-bond donors (Lipinski definition) is 1. The van der Waals surface area contributed by atoms with Crippen molar-refractivity contribution in [1.29, 1.82) is 0 Å². The van der Waals surface area contributed by atoms with Gasteiger partial charge in [-0.1, -0.05) is 12.8 Å². The quantitative estimate of drug-likeness (QED) is 0.888. The Kier molecular flexibility index (Phi) is 4.43. The van der Waals surface area contributed by atoms with Crippen LogP contribution in [0.5, 0.6) is 0 Å². The van der Waals surface area contributed by atoms with Gasteiger partial charge in [0.1, 0.15) is 0 Å². The van der Waals surface area contributed by atoms with Gasteiger partial charge in [-0.15, -0.1) is 0 Å². The van der Waals surface area contributed by atoms with Crippen molar-refractivity contribution in [2.24, 2.45) is 0 Å². The summed E-state index contributed by atoms with van der Waals surface area (Å²) in [6.07, 6.45) is 6.37. The normalized spacial score (nSPS) is 23.6. The van der Waals surface area contributed by atoms with Crippen LogP contribution in [0.2, 0.25) is 0 Å². The average molecular weight is 350 g/mol. The SMILES string of the molecule is O=S(=O)(Nc1ccc(N2CCN(C3CC3)CC2)cc1)C1CCCC1. The average Bonchev–Trinajstić information content (AvgIpc) is 3.28. The molecule has 0 amide bonds. The fourth-order valence-corrected chi connectivity index (χ4v) is 5.56. The number of piperazine rings is 1. The van der Waals surface area contributed by atoms with E-state index in [4.69, 9.17) is 0 Å². The second-order valence-electron chi connectivity index (χ2n) is 7.35. The molecule has 1 aromatic rings. The molecule has 0 radical (unpaired) electrons. The van der Waals surface area contributed by atoms with Gasteiger partial charge >= 0.3 is 0 Å². The minimum atomic E-state index is -3.23. The highest BCUT2D eigenvalue weighted by atomic mass is 32.2. The Morgan fingerprint density at radius 2 is 1.50 bits per heavy atom. The van der Waals surface area contributed by atoms with Crippen LogP contribution in [-0.4, -0.2) is 50.8 Å². The molecule has 6 heteroatoms. The highest BCUT2D eigenvalue weighted by molar-refractivity contribution is 7.93. The minimum absolute atomic E-state index is 0.215. The highest BCUT2D eigenvalue weighted by Gasteiger charge is 2.31. The van der Waals surface area contributed by atoms with Crippen LogP contribution in [-0.2, 0) is 10.0 Å². The highest BCUT2D eigenvalue weighted by Crippen LogP contribution is 2.29. The topological polar surface area (TPSA) is 52.7 Å². The molecule has 1 aromatic carbocycles. The molecule has 0 aromatic heterocycles. The van der Waals surface area contributed by atoms with Gasteiger partial charge in [-0.25, -0.2) is 8.42 Å². The molecule has 3 aliphatic rings. The number of anilines is 2. The van der Waals surface area contributed by atoms with Gasteiger partial charge in [-0.05, 0) is 49.9 Å². The molecule has 4 rings (SSSR count). The van der Waals surface area contributed by atoms with Crippen molar-refractivity contribution < 1.29 is 8.42 Å². The lowest BCUT2D eigenvalue weighted by Gasteiger charge is -2.36. The molecule has 2 aliphatic carbocycles.